The van der Waals surface area contributed by atoms with Crippen molar-refractivity contribution in [2.24, 2.45) is 0 Å². The van der Waals surface area contributed by atoms with E-state index in [4.69, 9.17) is 11.6 Å². The van der Waals surface area contributed by atoms with Crippen molar-refractivity contribution in [3.05, 3.63) is 21.6 Å². The fourth-order valence-electron chi connectivity index (χ4n) is 1.53. The summed E-state index contributed by atoms with van der Waals surface area (Å²) in [6.07, 6.45) is -1.34. The molecule has 2 unspecified atom stereocenters. The quantitative estimate of drug-likeness (QED) is 0.857. The maximum atomic E-state index is 12.3. The Balaban J connectivity index is 2.85. The van der Waals surface area contributed by atoms with Crippen molar-refractivity contribution in [1.29, 1.82) is 0 Å². The molecule has 0 fully saturated rings. The van der Waals surface area contributed by atoms with Crippen LogP contribution in [0.1, 0.15) is 13.3 Å². The second kappa shape index (κ2) is 7.26. The van der Waals surface area contributed by atoms with Crippen molar-refractivity contribution in [1.82, 2.24) is 9.78 Å². The first-order valence-electron chi connectivity index (χ1n) is 5.99. The molecule has 2 atom stereocenters. The molecule has 5 nitrogen and oxygen atoms in total. The Morgan fingerprint density at radius 2 is 2.14 bits per heavy atom. The van der Waals surface area contributed by atoms with Gasteiger partial charge < -0.3 is 5.32 Å². The molecular formula is C11H15ClF3N3O2S. The highest BCUT2D eigenvalue weighted by molar-refractivity contribution is 7.84. The van der Waals surface area contributed by atoms with Gasteiger partial charge in [-0.25, -0.2) is 4.68 Å². The van der Waals surface area contributed by atoms with Gasteiger partial charge in [-0.1, -0.05) is 11.6 Å². The Morgan fingerprint density at radius 1 is 1.52 bits per heavy atom. The van der Waals surface area contributed by atoms with E-state index in [2.05, 4.69) is 10.4 Å². The van der Waals surface area contributed by atoms with Gasteiger partial charge in [0.2, 0.25) is 0 Å². The van der Waals surface area contributed by atoms with Crippen LogP contribution in [0.25, 0.3) is 0 Å². The zero-order chi connectivity index (χ0) is 16.2. The summed E-state index contributed by atoms with van der Waals surface area (Å²) in [5, 5.41) is 5.97. The van der Waals surface area contributed by atoms with Crippen LogP contribution >= 0.6 is 11.6 Å². The van der Waals surface area contributed by atoms with E-state index in [1.165, 1.54) is 0 Å². The second-order valence-corrected chi connectivity index (χ2v) is 6.49. The number of hydrogen-bond donors (Lipinski definition) is 1. The summed E-state index contributed by atoms with van der Waals surface area (Å²) in [5.41, 5.74) is -0.847. The van der Waals surface area contributed by atoms with Gasteiger partial charge in [-0.15, -0.1) is 0 Å². The van der Waals surface area contributed by atoms with Gasteiger partial charge in [-0.2, -0.15) is 18.3 Å². The molecule has 0 aromatic carbocycles. The average molecular weight is 346 g/mol. The number of halogens is 4. The molecule has 0 radical (unpaired) electrons. The van der Waals surface area contributed by atoms with Crippen LogP contribution in [0.2, 0.25) is 5.02 Å². The number of rotatable bonds is 6. The number of hydrogen-bond acceptors (Lipinski definition) is 4. The van der Waals surface area contributed by atoms with Gasteiger partial charge in [0.25, 0.3) is 5.56 Å². The monoisotopic (exact) mass is 345 g/mol. The molecule has 21 heavy (non-hydrogen) atoms. The highest BCUT2D eigenvalue weighted by Crippen LogP contribution is 2.20. The smallest absolute Gasteiger partial charge is 0.380 e. The molecular weight excluding hydrogens is 331 g/mol. The summed E-state index contributed by atoms with van der Waals surface area (Å²) >= 11 is 5.77. The fraction of sp³-hybridized carbons (Fsp3) is 0.636. The SMILES string of the molecule is CC(CCS(C)=O)Nc1cnn(CC(F)(F)F)c(=O)c1Cl. The van der Waals surface area contributed by atoms with E-state index in [0.29, 0.717) is 12.2 Å². The number of alkyl halides is 3. The molecule has 1 aromatic rings. The predicted molar refractivity (Wildman–Crippen MR) is 76.2 cm³/mol. The normalized spacial score (nSPS) is 14.8. The number of anilines is 1. The number of nitrogens with zero attached hydrogens (tertiary/aromatic N) is 2. The molecule has 1 aromatic heterocycles. The van der Waals surface area contributed by atoms with Crippen LogP contribution in [0, 0.1) is 0 Å². The van der Waals surface area contributed by atoms with E-state index in [9.17, 15) is 22.2 Å². The molecule has 1 N–H and O–H groups in total. The van der Waals surface area contributed by atoms with Crippen molar-refractivity contribution in [2.75, 3.05) is 17.3 Å². The molecule has 0 bridgehead atoms. The Hall–Kier alpha value is -1.09. The minimum absolute atomic E-state index is 0.147. The van der Waals surface area contributed by atoms with Gasteiger partial charge in [0.15, 0.2) is 0 Å². The van der Waals surface area contributed by atoms with Crippen LogP contribution in [0.3, 0.4) is 0 Å². The van der Waals surface area contributed by atoms with Gasteiger partial charge in [0, 0.05) is 28.9 Å². The van der Waals surface area contributed by atoms with E-state index in [1.54, 1.807) is 13.2 Å². The summed E-state index contributed by atoms with van der Waals surface area (Å²) in [5.74, 6) is 0.463. The number of nitrogens with one attached hydrogen (secondary N) is 1. The standard InChI is InChI=1S/C11H15ClF3N3O2S/c1-7(3-4-21(2)20)17-8-5-16-18(6-11(13,14)15)10(19)9(8)12/h5,7,17H,3-4,6H2,1-2H3. The van der Waals surface area contributed by atoms with Crippen molar-refractivity contribution in [2.45, 2.75) is 32.1 Å². The molecule has 0 amide bonds. The van der Waals surface area contributed by atoms with Crippen molar-refractivity contribution in [3.63, 3.8) is 0 Å². The van der Waals surface area contributed by atoms with Crippen LogP contribution in [0.4, 0.5) is 18.9 Å². The van der Waals surface area contributed by atoms with E-state index in [1.807, 2.05) is 0 Å². The molecule has 1 heterocycles. The maximum absolute atomic E-state index is 12.3. The lowest BCUT2D eigenvalue weighted by molar-refractivity contribution is -0.143. The number of aromatic nitrogens is 2. The summed E-state index contributed by atoms with van der Waals surface area (Å²) in [6.45, 7) is 0.292. The van der Waals surface area contributed by atoms with Crippen LogP contribution in [-0.4, -0.2) is 38.2 Å². The summed E-state index contributed by atoms with van der Waals surface area (Å²) in [7, 11) is -0.948. The molecule has 1 rings (SSSR count). The third-order valence-electron chi connectivity index (χ3n) is 2.55. The predicted octanol–water partition coefficient (Wildman–Crippen LogP) is 2.03. The van der Waals surface area contributed by atoms with E-state index in [0.717, 1.165) is 6.20 Å². The first kappa shape index (κ1) is 18.0. The minimum Gasteiger partial charge on any atom is -0.380 e. The zero-order valence-corrected chi connectivity index (χ0v) is 13.0. The van der Waals surface area contributed by atoms with Crippen molar-refractivity contribution >= 4 is 28.1 Å². The lowest BCUT2D eigenvalue weighted by atomic mass is 10.2. The largest absolute Gasteiger partial charge is 0.408 e. The molecule has 0 aliphatic rings. The zero-order valence-electron chi connectivity index (χ0n) is 11.4. The molecule has 0 saturated heterocycles. The first-order chi connectivity index (χ1) is 9.60. The molecule has 0 saturated carbocycles. The maximum Gasteiger partial charge on any atom is 0.408 e. The van der Waals surface area contributed by atoms with Crippen LogP contribution in [0.5, 0.6) is 0 Å². The highest BCUT2D eigenvalue weighted by atomic mass is 35.5. The van der Waals surface area contributed by atoms with Gasteiger partial charge in [-0.3, -0.25) is 9.00 Å². The summed E-state index contributed by atoms with van der Waals surface area (Å²) < 4.78 is 48.0. The van der Waals surface area contributed by atoms with Crippen LogP contribution in [-0.2, 0) is 17.3 Å². The minimum atomic E-state index is -4.55. The van der Waals surface area contributed by atoms with Gasteiger partial charge in [-0.05, 0) is 13.3 Å². The lowest BCUT2D eigenvalue weighted by Gasteiger charge is -2.16. The first-order valence-corrected chi connectivity index (χ1v) is 8.09. The van der Waals surface area contributed by atoms with Crippen LogP contribution in [0.15, 0.2) is 11.0 Å². The topological polar surface area (TPSA) is 64.0 Å². The lowest BCUT2D eigenvalue weighted by Crippen LogP contribution is -2.31. The Kier molecular flexibility index (Phi) is 6.21. The average Bonchev–Trinajstić information content (AvgIpc) is 2.34. The Morgan fingerprint density at radius 3 is 2.67 bits per heavy atom. The third kappa shape index (κ3) is 6.04. The van der Waals surface area contributed by atoms with Gasteiger partial charge >= 0.3 is 6.18 Å². The third-order valence-corrected chi connectivity index (χ3v) is 3.73. The molecule has 0 spiro atoms. The Bertz CT molecular complexity index is 577. The fourth-order valence-corrected chi connectivity index (χ4v) is 2.41. The highest BCUT2D eigenvalue weighted by Gasteiger charge is 2.29. The van der Waals surface area contributed by atoms with Crippen molar-refractivity contribution < 1.29 is 17.4 Å². The van der Waals surface area contributed by atoms with Crippen molar-refractivity contribution in [3.8, 4) is 0 Å². The molecule has 0 aliphatic carbocycles. The van der Waals surface area contributed by atoms with Gasteiger partial charge in [0.1, 0.15) is 11.6 Å². The Labute approximate surface area is 126 Å². The molecule has 10 heteroatoms. The molecule has 0 aliphatic heterocycles. The van der Waals surface area contributed by atoms with E-state index >= 15 is 0 Å². The van der Waals surface area contributed by atoms with E-state index in [-0.39, 0.29) is 21.4 Å². The van der Waals surface area contributed by atoms with E-state index < -0.39 is 29.1 Å². The molecule has 120 valence electrons. The van der Waals surface area contributed by atoms with Gasteiger partial charge in [0.05, 0.1) is 11.9 Å². The van der Waals surface area contributed by atoms with Crippen LogP contribution < -0.4 is 10.9 Å². The second-order valence-electron chi connectivity index (χ2n) is 4.56. The summed E-state index contributed by atoms with van der Waals surface area (Å²) in [6, 6.07) is -0.147. The summed E-state index contributed by atoms with van der Waals surface area (Å²) in [4.78, 5) is 11.7.